The van der Waals surface area contributed by atoms with Crippen LogP contribution in [-0.2, 0) is 0 Å². The smallest absolute Gasteiger partial charge is 0.145 e. The van der Waals surface area contributed by atoms with E-state index in [0.29, 0.717) is 0 Å². The molecular weight excluding hydrogens is 431 g/mol. The minimum Gasteiger partial charge on any atom is -0.338 e. The molecule has 0 spiro atoms. The molecule has 0 amide bonds. The van der Waals surface area contributed by atoms with E-state index >= 15 is 0 Å². The molecule has 34 heavy (non-hydrogen) atoms. The molecule has 0 saturated heterocycles. The maximum atomic E-state index is 5.00. The summed E-state index contributed by atoms with van der Waals surface area (Å²) in [4.78, 5) is 8.59. The van der Waals surface area contributed by atoms with Crippen molar-refractivity contribution in [3.05, 3.63) is 140 Å². The van der Waals surface area contributed by atoms with E-state index in [4.69, 9.17) is 4.98 Å². The number of para-hydroxylation sites is 2. The van der Waals surface area contributed by atoms with Gasteiger partial charge in [0, 0.05) is 0 Å². The second kappa shape index (κ2) is 8.74. The van der Waals surface area contributed by atoms with E-state index < -0.39 is 7.26 Å². The van der Waals surface area contributed by atoms with Gasteiger partial charge in [0.25, 0.3) is 0 Å². The summed E-state index contributed by atoms with van der Waals surface area (Å²) in [6, 6.07) is 49.9. The van der Waals surface area contributed by atoms with Gasteiger partial charge in [0.15, 0.2) is 0 Å². The number of hydrogen-bond donors (Lipinski definition) is 1. The molecule has 162 valence electrons. The van der Waals surface area contributed by atoms with E-state index in [2.05, 4.69) is 132 Å². The van der Waals surface area contributed by atoms with Gasteiger partial charge in [-0.25, -0.2) is 4.98 Å². The third-order valence-corrected chi connectivity index (χ3v) is 10.7. The van der Waals surface area contributed by atoms with Gasteiger partial charge < -0.3 is 4.98 Å². The van der Waals surface area contributed by atoms with Gasteiger partial charge in [-0.3, -0.25) is 0 Å². The Morgan fingerprint density at radius 2 is 0.941 bits per heavy atom. The fourth-order valence-electron chi connectivity index (χ4n) is 4.87. The van der Waals surface area contributed by atoms with Crippen LogP contribution in [0.2, 0.25) is 0 Å². The Hall–Kier alpha value is -4.00. The second-order valence-corrected chi connectivity index (χ2v) is 11.7. The molecule has 0 unspecified atom stereocenters. The molecule has 0 saturated carbocycles. The maximum absolute atomic E-state index is 5.00. The van der Waals surface area contributed by atoms with E-state index in [1.165, 1.54) is 21.2 Å². The van der Waals surface area contributed by atoms with Crippen molar-refractivity contribution in [2.75, 3.05) is 0 Å². The van der Waals surface area contributed by atoms with Crippen LogP contribution in [0, 0.1) is 0 Å². The summed E-state index contributed by atoms with van der Waals surface area (Å²) in [5.74, 6) is 0.906. The summed E-state index contributed by atoms with van der Waals surface area (Å²) < 4.78 is 0. The van der Waals surface area contributed by atoms with Crippen LogP contribution in [0.1, 0.15) is 0 Å². The summed E-state index contributed by atoms with van der Waals surface area (Å²) >= 11 is 0. The number of aromatic amines is 1. The quantitative estimate of drug-likeness (QED) is 0.325. The third kappa shape index (κ3) is 3.36. The first kappa shape index (κ1) is 20.6. The SMILES string of the molecule is c1ccc([P+](c2ccccc2)(c2ccccc2)c2ccccc2-c2nc3ccccc3[nH]2)cc1. The summed E-state index contributed by atoms with van der Waals surface area (Å²) in [7, 11) is -2.21. The molecule has 0 fully saturated rings. The van der Waals surface area contributed by atoms with Gasteiger partial charge in [-0.1, -0.05) is 78.9 Å². The van der Waals surface area contributed by atoms with Crippen molar-refractivity contribution < 1.29 is 0 Å². The Morgan fingerprint density at radius 1 is 0.471 bits per heavy atom. The van der Waals surface area contributed by atoms with Crippen molar-refractivity contribution in [3.8, 4) is 11.4 Å². The number of H-pyrrole nitrogens is 1. The number of aromatic nitrogens is 2. The van der Waals surface area contributed by atoms with E-state index in [9.17, 15) is 0 Å². The van der Waals surface area contributed by atoms with Crippen molar-refractivity contribution in [2.45, 2.75) is 0 Å². The zero-order valence-corrected chi connectivity index (χ0v) is 19.6. The first-order valence-corrected chi connectivity index (χ1v) is 13.3. The van der Waals surface area contributed by atoms with E-state index in [1.54, 1.807) is 0 Å². The van der Waals surface area contributed by atoms with Crippen LogP contribution in [0.5, 0.6) is 0 Å². The van der Waals surface area contributed by atoms with Crippen LogP contribution in [0.4, 0.5) is 0 Å². The lowest BCUT2D eigenvalue weighted by molar-refractivity contribution is 1.34. The fourth-order valence-corrected chi connectivity index (χ4v) is 9.30. The van der Waals surface area contributed by atoms with Crippen LogP contribution in [0.3, 0.4) is 0 Å². The normalized spacial score (nSPS) is 11.5. The molecular formula is C31H24N2P+. The molecule has 2 nitrogen and oxygen atoms in total. The molecule has 0 radical (unpaired) electrons. The van der Waals surface area contributed by atoms with Gasteiger partial charge in [-0.2, -0.15) is 0 Å². The molecule has 1 heterocycles. The first-order valence-electron chi connectivity index (χ1n) is 11.5. The van der Waals surface area contributed by atoms with Crippen molar-refractivity contribution in [1.82, 2.24) is 9.97 Å². The molecule has 5 aromatic carbocycles. The van der Waals surface area contributed by atoms with Crippen molar-refractivity contribution in [2.24, 2.45) is 0 Å². The molecule has 0 aliphatic rings. The van der Waals surface area contributed by atoms with Gasteiger partial charge >= 0.3 is 0 Å². The fraction of sp³-hybridized carbons (Fsp3) is 0. The molecule has 6 rings (SSSR count). The van der Waals surface area contributed by atoms with E-state index in [1.807, 2.05) is 12.1 Å². The summed E-state index contributed by atoms with van der Waals surface area (Å²) in [5.41, 5.74) is 3.18. The zero-order chi connectivity index (χ0) is 22.8. The Morgan fingerprint density at radius 3 is 1.50 bits per heavy atom. The molecule has 3 heteroatoms. The van der Waals surface area contributed by atoms with Crippen molar-refractivity contribution in [3.63, 3.8) is 0 Å². The van der Waals surface area contributed by atoms with Crippen LogP contribution in [-0.4, -0.2) is 9.97 Å². The lowest BCUT2D eigenvalue weighted by Crippen LogP contribution is -2.39. The molecule has 0 aliphatic carbocycles. The third-order valence-electron chi connectivity index (χ3n) is 6.34. The number of fused-ring (bicyclic) bond motifs is 1. The minimum atomic E-state index is -2.21. The van der Waals surface area contributed by atoms with Crippen molar-refractivity contribution >= 4 is 39.5 Å². The highest BCUT2D eigenvalue weighted by molar-refractivity contribution is 8.01. The predicted molar refractivity (Wildman–Crippen MR) is 146 cm³/mol. The standard InChI is InChI=1S/C31H24N2P/c1-4-14-24(15-5-1)34(25-16-6-2-7-17-25,26-18-8-3-9-19-26)30-23-13-10-20-27(30)31-32-28-21-11-12-22-29(28)33-31/h1-23H,(H,32,33)/q+1. The summed E-state index contributed by atoms with van der Waals surface area (Å²) in [6.07, 6.45) is 0. The molecule has 1 aromatic heterocycles. The van der Waals surface area contributed by atoms with Gasteiger partial charge in [0.05, 0.1) is 16.6 Å². The van der Waals surface area contributed by atoms with Crippen LogP contribution in [0.25, 0.3) is 22.4 Å². The molecule has 1 N–H and O–H groups in total. The lowest BCUT2D eigenvalue weighted by atomic mass is 10.2. The second-order valence-electron chi connectivity index (χ2n) is 8.30. The predicted octanol–water partition coefficient (Wildman–Crippen LogP) is 5.85. The summed E-state index contributed by atoms with van der Waals surface area (Å²) in [5, 5.41) is 5.29. The number of imidazole rings is 1. The van der Waals surface area contributed by atoms with Crippen LogP contribution < -0.4 is 21.2 Å². The van der Waals surface area contributed by atoms with Gasteiger partial charge in [-0.05, 0) is 60.7 Å². The number of nitrogens with zero attached hydrogens (tertiary/aromatic N) is 1. The minimum absolute atomic E-state index is 0.906. The largest absolute Gasteiger partial charge is 0.338 e. The van der Waals surface area contributed by atoms with E-state index in [-0.39, 0.29) is 0 Å². The Labute approximate surface area is 200 Å². The van der Waals surface area contributed by atoms with E-state index in [0.717, 1.165) is 22.4 Å². The maximum Gasteiger partial charge on any atom is 0.145 e. The first-order chi connectivity index (χ1) is 16.9. The Bertz CT molecular complexity index is 1410. The monoisotopic (exact) mass is 455 g/mol. The lowest BCUT2D eigenvalue weighted by Gasteiger charge is -2.28. The average Bonchev–Trinajstić information content (AvgIpc) is 3.36. The van der Waals surface area contributed by atoms with Gasteiger partial charge in [0.1, 0.15) is 34.3 Å². The highest BCUT2D eigenvalue weighted by atomic mass is 31.2. The number of benzene rings is 5. The average molecular weight is 456 g/mol. The molecule has 0 aliphatic heterocycles. The Balaban J connectivity index is 1.74. The highest BCUT2D eigenvalue weighted by Gasteiger charge is 2.49. The van der Waals surface area contributed by atoms with Gasteiger partial charge in [-0.15, -0.1) is 0 Å². The highest BCUT2D eigenvalue weighted by Crippen LogP contribution is 2.55. The number of nitrogens with one attached hydrogen (secondary N) is 1. The van der Waals surface area contributed by atoms with Gasteiger partial charge in [0.2, 0.25) is 0 Å². The van der Waals surface area contributed by atoms with Crippen LogP contribution in [0.15, 0.2) is 140 Å². The Kier molecular flexibility index (Phi) is 5.30. The molecule has 0 atom stereocenters. The number of rotatable bonds is 5. The van der Waals surface area contributed by atoms with Crippen LogP contribution >= 0.6 is 7.26 Å². The topological polar surface area (TPSA) is 28.7 Å². The molecule has 6 aromatic rings. The molecule has 0 bridgehead atoms. The summed E-state index contributed by atoms with van der Waals surface area (Å²) in [6.45, 7) is 0. The van der Waals surface area contributed by atoms with Crippen molar-refractivity contribution in [1.29, 1.82) is 0 Å². The number of hydrogen-bond acceptors (Lipinski definition) is 1. The zero-order valence-electron chi connectivity index (χ0n) is 18.7.